The molecule has 66 heavy (non-hydrogen) atoms. The molecule has 0 bridgehead atoms. The van der Waals surface area contributed by atoms with E-state index in [1.165, 1.54) is 268 Å². The number of unbranched alkanes of at least 4 members (excludes halogenated alkanes) is 32. The number of allylic oxidation sites excluding steroid dienone is 2. The molecule has 4 nitrogen and oxygen atoms in total. The van der Waals surface area contributed by atoms with Crippen molar-refractivity contribution in [3.63, 3.8) is 0 Å². The lowest BCUT2D eigenvalue weighted by Gasteiger charge is -2.28. The maximum atomic E-state index is 13.8. The van der Waals surface area contributed by atoms with Crippen LogP contribution in [-0.4, -0.2) is 54.2 Å². The van der Waals surface area contributed by atoms with E-state index in [1.54, 1.807) is 5.57 Å². The van der Waals surface area contributed by atoms with Gasteiger partial charge in [-0.05, 0) is 89.7 Å². The first kappa shape index (κ1) is 62.3. The minimum absolute atomic E-state index is 0.271. The van der Waals surface area contributed by atoms with Crippen molar-refractivity contribution < 1.29 is 9.59 Å². The van der Waals surface area contributed by atoms with Crippen LogP contribution in [0.15, 0.2) is 34.9 Å². The first-order valence-electron chi connectivity index (χ1n) is 30.0. The van der Waals surface area contributed by atoms with Crippen molar-refractivity contribution in [2.75, 3.05) is 32.7 Å². The second kappa shape index (κ2) is 48.3. The fraction of sp³-hybridized carbons (Fsp3) is 0.871. The highest BCUT2D eigenvalue weighted by Gasteiger charge is 2.20. The van der Waals surface area contributed by atoms with E-state index in [1.807, 2.05) is 6.08 Å². The molecule has 1 aliphatic rings. The Kier molecular flexibility index (Phi) is 45.7. The smallest absolute Gasteiger partial charge is 0.226 e. The van der Waals surface area contributed by atoms with Crippen molar-refractivity contribution in [2.45, 2.75) is 317 Å². The summed E-state index contributed by atoms with van der Waals surface area (Å²) in [6, 6.07) is 0. The van der Waals surface area contributed by atoms with Gasteiger partial charge in [-0.25, -0.2) is 0 Å². The largest absolute Gasteiger partial charge is 0.342 e. The summed E-state index contributed by atoms with van der Waals surface area (Å²) in [6.07, 6.45) is 63.4. The van der Waals surface area contributed by atoms with Gasteiger partial charge in [0.25, 0.3) is 0 Å². The number of piperidine rings is 1. The van der Waals surface area contributed by atoms with E-state index in [2.05, 4.69) is 56.6 Å². The molecule has 1 saturated heterocycles. The van der Waals surface area contributed by atoms with Gasteiger partial charge in [-0.3, -0.25) is 14.5 Å². The second-order valence-electron chi connectivity index (χ2n) is 21.1. The number of carbonyl (C=O) groups is 2. The molecule has 4 heteroatoms. The van der Waals surface area contributed by atoms with Crippen LogP contribution < -0.4 is 0 Å². The SMILES string of the molecule is CCCCCCCCC/C=C(\CCCCCCCCC)CCN(CCCCCCCCC)CC(=O)C=C1CCN(C(=O)C/C=C(\CCCCCCCCC)CCCCCCCCCC)CC1. The maximum Gasteiger partial charge on any atom is 0.226 e. The van der Waals surface area contributed by atoms with Crippen LogP contribution in [0.5, 0.6) is 0 Å². The molecule has 1 aliphatic heterocycles. The van der Waals surface area contributed by atoms with Crippen LogP contribution >= 0.6 is 0 Å². The highest BCUT2D eigenvalue weighted by Crippen LogP contribution is 2.23. The Labute approximate surface area is 414 Å². The van der Waals surface area contributed by atoms with E-state index in [0.29, 0.717) is 13.0 Å². The van der Waals surface area contributed by atoms with E-state index in [0.717, 1.165) is 45.4 Å². The fourth-order valence-corrected chi connectivity index (χ4v) is 10.1. The molecule has 0 atom stereocenters. The number of ketones is 1. The number of hydrogen-bond donors (Lipinski definition) is 0. The van der Waals surface area contributed by atoms with Crippen LogP contribution in [0.2, 0.25) is 0 Å². The summed E-state index contributed by atoms with van der Waals surface area (Å²) in [5, 5.41) is 0. The van der Waals surface area contributed by atoms with Crippen molar-refractivity contribution in [3.05, 3.63) is 34.9 Å². The first-order valence-corrected chi connectivity index (χ1v) is 30.0. The van der Waals surface area contributed by atoms with Crippen LogP contribution in [0.4, 0.5) is 0 Å². The Balaban J connectivity index is 2.82. The minimum Gasteiger partial charge on any atom is -0.342 e. The molecular formula is C62H116N2O2. The number of nitrogens with zero attached hydrogens (tertiary/aromatic N) is 2. The summed E-state index contributed by atoms with van der Waals surface area (Å²) in [5.74, 6) is 0.550. The van der Waals surface area contributed by atoms with Crippen LogP contribution in [0.25, 0.3) is 0 Å². The van der Waals surface area contributed by atoms with Gasteiger partial charge < -0.3 is 4.90 Å². The lowest BCUT2D eigenvalue weighted by Crippen LogP contribution is -2.36. The highest BCUT2D eigenvalue weighted by molar-refractivity contribution is 5.92. The first-order chi connectivity index (χ1) is 32.5. The zero-order valence-corrected chi connectivity index (χ0v) is 45.6. The number of rotatable bonds is 49. The van der Waals surface area contributed by atoms with Gasteiger partial charge in [-0.2, -0.15) is 0 Å². The lowest BCUT2D eigenvalue weighted by molar-refractivity contribution is -0.130. The molecule has 0 N–H and O–H groups in total. The van der Waals surface area contributed by atoms with Crippen molar-refractivity contribution >= 4 is 11.7 Å². The van der Waals surface area contributed by atoms with Crippen LogP contribution in [0.3, 0.4) is 0 Å². The Hall–Kier alpha value is -1.68. The van der Waals surface area contributed by atoms with E-state index in [9.17, 15) is 9.59 Å². The predicted molar refractivity (Wildman–Crippen MR) is 294 cm³/mol. The van der Waals surface area contributed by atoms with Gasteiger partial charge in [0, 0.05) is 26.1 Å². The molecule has 0 aromatic heterocycles. The van der Waals surface area contributed by atoms with Crippen LogP contribution in [-0.2, 0) is 9.59 Å². The van der Waals surface area contributed by atoms with E-state index >= 15 is 0 Å². The summed E-state index contributed by atoms with van der Waals surface area (Å²) >= 11 is 0. The van der Waals surface area contributed by atoms with Crippen LogP contribution in [0.1, 0.15) is 317 Å². The van der Waals surface area contributed by atoms with E-state index in [4.69, 9.17) is 0 Å². The molecule has 0 aliphatic carbocycles. The monoisotopic (exact) mass is 921 g/mol. The molecule has 0 aromatic rings. The molecule has 0 saturated carbocycles. The zero-order chi connectivity index (χ0) is 47.8. The van der Waals surface area contributed by atoms with Crippen molar-refractivity contribution in [3.8, 4) is 0 Å². The van der Waals surface area contributed by atoms with Crippen molar-refractivity contribution in [1.82, 2.24) is 9.80 Å². The summed E-state index contributed by atoms with van der Waals surface area (Å²) in [6.45, 7) is 15.6. The third-order valence-corrected chi connectivity index (χ3v) is 14.7. The van der Waals surface area contributed by atoms with E-state index in [-0.39, 0.29) is 11.7 Å². The Morgan fingerprint density at radius 2 is 0.788 bits per heavy atom. The summed E-state index contributed by atoms with van der Waals surface area (Å²) in [7, 11) is 0. The molecule has 0 unspecified atom stereocenters. The fourth-order valence-electron chi connectivity index (χ4n) is 10.1. The number of likely N-dealkylation sites (tertiary alicyclic amines) is 1. The van der Waals surface area contributed by atoms with E-state index < -0.39 is 0 Å². The third kappa shape index (κ3) is 39.2. The number of amides is 1. The van der Waals surface area contributed by atoms with Gasteiger partial charge in [-0.1, -0.05) is 263 Å². The predicted octanol–water partition coefficient (Wildman–Crippen LogP) is 19.7. The van der Waals surface area contributed by atoms with Gasteiger partial charge in [-0.15, -0.1) is 0 Å². The molecule has 1 amide bonds. The Morgan fingerprint density at radius 1 is 0.424 bits per heavy atom. The van der Waals surface area contributed by atoms with Gasteiger partial charge in [0.05, 0.1) is 6.54 Å². The number of carbonyl (C=O) groups excluding carboxylic acids is 2. The standard InChI is InChI=1S/C62H116N2O2/c1-6-11-16-21-26-30-35-39-44-58(43-38-33-28-23-18-13-8-3)47-48-62(66)64-54-50-60(51-55-64)56-61(65)57-63(52-42-37-32-25-20-15-10-5)53-49-59(45-40-34-29-24-19-14-9-4)46-41-36-31-27-22-17-12-7-2/h46-47,56H,6-45,48-55,57H2,1-5H3/b58-47+,59-46+. The number of hydrogen-bond acceptors (Lipinski definition) is 3. The molecule has 1 fully saturated rings. The Morgan fingerprint density at radius 3 is 1.21 bits per heavy atom. The molecule has 0 spiro atoms. The Bertz CT molecular complexity index is 1170. The molecule has 386 valence electrons. The van der Waals surface area contributed by atoms with Gasteiger partial charge in [0.15, 0.2) is 5.78 Å². The van der Waals surface area contributed by atoms with Crippen molar-refractivity contribution in [1.29, 1.82) is 0 Å². The topological polar surface area (TPSA) is 40.6 Å². The van der Waals surface area contributed by atoms with Crippen molar-refractivity contribution in [2.24, 2.45) is 0 Å². The van der Waals surface area contributed by atoms with Gasteiger partial charge in [0.1, 0.15) is 0 Å². The third-order valence-electron chi connectivity index (χ3n) is 14.7. The molecular weight excluding hydrogens is 805 g/mol. The molecule has 0 aromatic carbocycles. The summed E-state index contributed by atoms with van der Waals surface area (Å²) in [4.78, 5) is 31.9. The van der Waals surface area contributed by atoms with Crippen LogP contribution in [0, 0.1) is 0 Å². The average Bonchev–Trinajstić information content (AvgIpc) is 3.32. The van der Waals surface area contributed by atoms with Gasteiger partial charge >= 0.3 is 0 Å². The summed E-state index contributed by atoms with van der Waals surface area (Å²) in [5.41, 5.74) is 4.43. The van der Waals surface area contributed by atoms with Gasteiger partial charge in [0.2, 0.25) is 5.91 Å². The second-order valence-corrected chi connectivity index (χ2v) is 21.1. The highest BCUT2D eigenvalue weighted by atomic mass is 16.2. The summed E-state index contributed by atoms with van der Waals surface area (Å²) < 4.78 is 0. The maximum absolute atomic E-state index is 13.8. The molecule has 0 radical (unpaired) electrons. The quantitative estimate of drug-likeness (QED) is 0.0347. The average molecular weight is 922 g/mol. The lowest BCUT2D eigenvalue weighted by atomic mass is 9.98. The molecule has 1 rings (SSSR count). The normalized spacial score (nSPS) is 13.7. The zero-order valence-electron chi connectivity index (χ0n) is 45.6. The minimum atomic E-state index is 0.271. The molecule has 1 heterocycles.